The Morgan fingerprint density at radius 1 is 1.00 bits per heavy atom. The van der Waals surface area contributed by atoms with E-state index in [1.807, 2.05) is 19.9 Å². The highest BCUT2D eigenvalue weighted by Gasteiger charge is 2.24. The third-order valence-electron chi connectivity index (χ3n) is 5.39. The molecule has 0 aliphatic rings. The number of rotatable bonds is 12. The first-order chi connectivity index (χ1) is 16.3. The summed E-state index contributed by atoms with van der Waals surface area (Å²) in [5.74, 6) is 0.776. The molecule has 184 valence electrons. The van der Waals surface area contributed by atoms with Crippen molar-refractivity contribution in [1.29, 1.82) is 0 Å². The standard InChI is InChI=1S/C24H31N3O5S2/c1-5-7-13-27(14-8-6-2)34(29,30)18-11-9-17(10-12-18)23(28)26-24-25-19-15-20(31-3)21(32-4)16-22(19)33-24/h9-12,15-16H,5-8,13-14H2,1-4H3,(H,25,26,28). The first-order valence-corrected chi connectivity index (χ1v) is 13.5. The molecule has 0 aliphatic heterocycles. The van der Waals surface area contributed by atoms with Crippen molar-refractivity contribution in [3.8, 4) is 11.5 Å². The highest BCUT2D eigenvalue weighted by molar-refractivity contribution is 7.89. The number of thiazole rings is 1. The van der Waals surface area contributed by atoms with Gasteiger partial charge in [-0.05, 0) is 37.1 Å². The lowest BCUT2D eigenvalue weighted by atomic mass is 10.2. The zero-order valence-corrected chi connectivity index (χ0v) is 21.6. The number of carbonyl (C=O) groups excluding carboxylic acids is 1. The van der Waals surface area contributed by atoms with Crippen LogP contribution in [-0.2, 0) is 10.0 Å². The molecule has 34 heavy (non-hydrogen) atoms. The van der Waals surface area contributed by atoms with Gasteiger partial charge in [-0.3, -0.25) is 10.1 Å². The van der Waals surface area contributed by atoms with Crippen LogP contribution in [0.25, 0.3) is 10.2 Å². The van der Waals surface area contributed by atoms with Crippen molar-refractivity contribution in [1.82, 2.24) is 9.29 Å². The second-order valence-corrected chi connectivity index (χ2v) is 10.8. The van der Waals surface area contributed by atoms with Gasteiger partial charge in [0, 0.05) is 30.8 Å². The van der Waals surface area contributed by atoms with Gasteiger partial charge in [0.15, 0.2) is 16.6 Å². The molecule has 3 aromatic rings. The first kappa shape index (κ1) is 25.9. The van der Waals surface area contributed by atoms with Gasteiger partial charge in [-0.1, -0.05) is 38.0 Å². The minimum Gasteiger partial charge on any atom is -0.493 e. The zero-order valence-electron chi connectivity index (χ0n) is 20.0. The molecular weight excluding hydrogens is 474 g/mol. The van der Waals surface area contributed by atoms with Gasteiger partial charge in [0.05, 0.1) is 29.3 Å². The topological polar surface area (TPSA) is 97.8 Å². The molecule has 0 aliphatic carbocycles. The van der Waals surface area contributed by atoms with Crippen LogP contribution in [0, 0.1) is 0 Å². The first-order valence-electron chi connectivity index (χ1n) is 11.3. The number of amides is 1. The number of aromatic nitrogens is 1. The second kappa shape index (κ2) is 11.6. The van der Waals surface area contributed by atoms with Crippen molar-refractivity contribution in [3.05, 3.63) is 42.0 Å². The summed E-state index contributed by atoms with van der Waals surface area (Å²) in [5, 5.41) is 3.21. The van der Waals surface area contributed by atoms with Crippen LogP contribution in [0.15, 0.2) is 41.3 Å². The molecule has 0 fully saturated rings. The van der Waals surface area contributed by atoms with Crippen LogP contribution < -0.4 is 14.8 Å². The molecule has 1 heterocycles. The number of fused-ring (bicyclic) bond motifs is 1. The Balaban J connectivity index is 1.76. The van der Waals surface area contributed by atoms with E-state index in [9.17, 15) is 13.2 Å². The number of nitrogens with zero attached hydrogens (tertiary/aromatic N) is 2. The zero-order chi connectivity index (χ0) is 24.7. The van der Waals surface area contributed by atoms with E-state index in [1.54, 1.807) is 24.6 Å². The fourth-order valence-corrected chi connectivity index (χ4v) is 5.81. The summed E-state index contributed by atoms with van der Waals surface area (Å²) in [7, 11) is -0.499. The molecule has 0 spiro atoms. The molecule has 0 radical (unpaired) electrons. The lowest BCUT2D eigenvalue weighted by molar-refractivity contribution is 0.102. The number of hydrogen-bond donors (Lipinski definition) is 1. The van der Waals surface area contributed by atoms with Gasteiger partial charge in [0.25, 0.3) is 5.91 Å². The fraction of sp³-hybridized carbons (Fsp3) is 0.417. The summed E-state index contributed by atoms with van der Waals surface area (Å²) in [4.78, 5) is 17.4. The van der Waals surface area contributed by atoms with Crippen molar-refractivity contribution in [3.63, 3.8) is 0 Å². The van der Waals surface area contributed by atoms with E-state index in [0.29, 0.717) is 40.8 Å². The third kappa shape index (κ3) is 5.86. The number of methoxy groups -OCH3 is 2. The minimum atomic E-state index is -3.61. The fourth-order valence-electron chi connectivity index (χ4n) is 3.43. The maximum absolute atomic E-state index is 13.1. The largest absolute Gasteiger partial charge is 0.493 e. The van der Waals surface area contributed by atoms with E-state index in [2.05, 4.69) is 10.3 Å². The second-order valence-electron chi connectivity index (χ2n) is 7.78. The van der Waals surface area contributed by atoms with Gasteiger partial charge in [-0.25, -0.2) is 13.4 Å². The number of hydrogen-bond acceptors (Lipinski definition) is 7. The number of benzene rings is 2. The summed E-state index contributed by atoms with van der Waals surface area (Å²) in [6, 6.07) is 9.60. The number of nitrogens with one attached hydrogen (secondary N) is 1. The highest BCUT2D eigenvalue weighted by Crippen LogP contribution is 2.36. The maximum Gasteiger partial charge on any atom is 0.257 e. The molecule has 8 nitrogen and oxygen atoms in total. The van der Waals surface area contributed by atoms with E-state index in [4.69, 9.17) is 9.47 Å². The van der Waals surface area contributed by atoms with Crippen LogP contribution in [0.5, 0.6) is 11.5 Å². The summed E-state index contributed by atoms with van der Waals surface area (Å²) < 4.78 is 39.2. The molecule has 10 heteroatoms. The van der Waals surface area contributed by atoms with Crippen molar-refractivity contribution in [2.75, 3.05) is 32.6 Å². The average Bonchev–Trinajstić information content (AvgIpc) is 3.23. The summed E-state index contributed by atoms with van der Waals surface area (Å²) >= 11 is 1.31. The summed E-state index contributed by atoms with van der Waals surface area (Å²) in [5.41, 5.74) is 1.03. The molecule has 2 aromatic carbocycles. The Bertz CT molecular complexity index is 1170. The van der Waals surface area contributed by atoms with Crippen LogP contribution in [0.2, 0.25) is 0 Å². The molecule has 1 amide bonds. The molecule has 3 rings (SSSR count). The van der Waals surface area contributed by atoms with Gasteiger partial charge in [0.1, 0.15) is 0 Å². The lowest BCUT2D eigenvalue weighted by Gasteiger charge is -2.22. The third-order valence-corrected chi connectivity index (χ3v) is 8.24. The average molecular weight is 506 g/mol. The van der Waals surface area contributed by atoms with Gasteiger partial charge < -0.3 is 9.47 Å². The molecule has 0 saturated heterocycles. The Hall–Kier alpha value is -2.69. The van der Waals surface area contributed by atoms with Gasteiger partial charge >= 0.3 is 0 Å². The van der Waals surface area contributed by atoms with Crippen molar-refractivity contribution in [2.45, 2.75) is 44.4 Å². The minimum absolute atomic E-state index is 0.190. The Kier molecular flexibility index (Phi) is 8.87. The molecule has 0 saturated carbocycles. The van der Waals surface area contributed by atoms with Gasteiger partial charge in [0.2, 0.25) is 10.0 Å². The maximum atomic E-state index is 13.1. The van der Waals surface area contributed by atoms with E-state index in [-0.39, 0.29) is 10.8 Å². The monoisotopic (exact) mass is 505 g/mol. The van der Waals surface area contributed by atoms with Crippen LogP contribution in [0.1, 0.15) is 49.9 Å². The van der Waals surface area contributed by atoms with E-state index < -0.39 is 10.0 Å². The van der Waals surface area contributed by atoms with Crippen LogP contribution in [0.3, 0.4) is 0 Å². The van der Waals surface area contributed by atoms with Crippen molar-refractivity contribution >= 4 is 42.6 Å². The number of sulfonamides is 1. The summed E-state index contributed by atoms with van der Waals surface area (Å²) in [6.45, 7) is 5.06. The predicted molar refractivity (Wildman–Crippen MR) is 136 cm³/mol. The Morgan fingerprint density at radius 3 is 2.15 bits per heavy atom. The van der Waals surface area contributed by atoms with Gasteiger partial charge in [-0.2, -0.15) is 4.31 Å². The van der Waals surface area contributed by atoms with Crippen LogP contribution >= 0.6 is 11.3 Å². The molecule has 1 aromatic heterocycles. The molecule has 0 bridgehead atoms. The van der Waals surface area contributed by atoms with Crippen molar-refractivity contribution in [2.24, 2.45) is 0 Å². The Labute approximate surface area is 205 Å². The quantitative estimate of drug-likeness (QED) is 0.365. The molecule has 1 N–H and O–H groups in total. The number of carbonyl (C=O) groups is 1. The molecular formula is C24H31N3O5S2. The smallest absolute Gasteiger partial charge is 0.257 e. The number of anilines is 1. The van der Waals surface area contributed by atoms with Crippen LogP contribution in [-0.4, -0.2) is 50.9 Å². The SMILES string of the molecule is CCCCN(CCCC)S(=O)(=O)c1ccc(C(=O)Nc2nc3cc(OC)c(OC)cc3s2)cc1. The molecule has 0 unspecified atom stereocenters. The molecule has 0 atom stereocenters. The van der Waals surface area contributed by atoms with Crippen molar-refractivity contribution < 1.29 is 22.7 Å². The van der Waals surface area contributed by atoms with E-state index in [0.717, 1.165) is 30.4 Å². The predicted octanol–water partition coefficient (Wildman–Crippen LogP) is 5.16. The number of unbranched alkanes of at least 4 members (excludes halogenated alkanes) is 2. The Morgan fingerprint density at radius 2 is 1.59 bits per heavy atom. The van der Waals surface area contributed by atoms with Crippen LogP contribution in [0.4, 0.5) is 5.13 Å². The normalized spacial score (nSPS) is 11.7. The van der Waals surface area contributed by atoms with E-state index in [1.165, 1.54) is 35.6 Å². The van der Waals surface area contributed by atoms with Gasteiger partial charge in [-0.15, -0.1) is 0 Å². The highest BCUT2D eigenvalue weighted by atomic mass is 32.2. The lowest BCUT2D eigenvalue weighted by Crippen LogP contribution is -2.33. The number of ether oxygens (including phenoxy) is 2. The van der Waals surface area contributed by atoms with E-state index >= 15 is 0 Å². The summed E-state index contributed by atoms with van der Waals surface area (Å²) in [6.07, 6.45) is 3.46.